The summed E-state index contributed by atoms with van der Waals surface area (Å²) in [5.74, 6) is -0.782. The molecule has 0 rings (SSSR count). The Morgan fingerprint density at radius 2 is 0.648 bits per heavy atom. The van der Waals surface area contributed by atoms with Gasteiger partial charge in [-0.25, -0.2) is 4.57 Å². The normalized spacial score (nSPS) is 13.6. The number of hydrogen-bond donors (Lipinski definition) is 1. The molecule has 0 aliphatic heterocycles. The van der Waals surface area contributed by atoms with E-state index in [1.165, 1.54) is 244 Å². The molecule has 0 amide bonds. The van der Waals surface area contributed by atoms with Crippen LogP contribution in [0.2, 0.25) is 0 Å². The molecular weight excluding hydrogens is 1110 g/mol. The number of phosphoric ester groups is 1. The minimum atomic E-state index is -4.39. The van der Waals surface area contributed by atoms with Gasteiger partial charge in [0, 0.05) is 12.8 Å². The van der Waals surface area contributed by atoms with E-state index in [1.54, 1.807) is 0 Å². The first kappa shape index (κ1) is 85.2. The standard InChI is InChI=1S/C78H142NO8P/c1-6-8-10-12-14-16-18-20-22-24-26-28-30-32-34-36-38-39-41-43-45-47-49-51-53-55-57-59-61-63-65-67-69-71-78(81)87-76(75-86-88(82,83)85-73-72-79(3,4)5)74-84-77(80)70-68-66-64-62-60-58-56-54-52-50-48-46-44-42-40-37-35-33-31-29-27-25-23-21-19-17-15-13-11-9-7-2/h8,10,14,16,19-22,25-28,32,34,76H,6-7,9,11-13,15,17-18,23-24,29-31,33,35-75H2,1-5H3/p+1/b10-8-,16-14-,21-19-,22-20-,27-25-,28-26-,34-32-. The third-order valence-corrected chi connectivity index (χ3v) is 17.4. The number of nitrogens with zero attached hydrogens (tertiary/aromatic N) is 1. The topological polar surface area (TPSA) is 108 Å². The van der Waals surface area contributed by atoms with Crippen LogP contribution in [0.1, 0.15) is 348 Å². The van der Waals surface area contributed by atoms with Crippen molar-refractivity contribution in [1.82, 2.24) is 0 Å². The molecule has 0 saturated heterocycles. The highest BCUT2D eigenvalue weighted by Gasteiger charge is 2.27. The Labute approximate surface area is 545 Å². The molecule has 0 aromatic carbocycles. The van der Waals surface area contributed by atoms with Crippen LogP contribution in [0.3, 0.4) is 0 Å². The van der Waals surface area contributed by atoms with Crippen LogP contribution in [-0.2, 0) is 32.7 Å². The lowest BCUT2D eigenvalue weighted by Gasteiger charge is -2.24. The SMILES string of the molecule is CC/C=C\C/C=C\C/C=C\C/C=C\C/C=C\CCCCCCCCCCCCCCCCCCCC(=O)OC(COC(=O)CCCCCCCCCCCCCCCCCCCCC/C=C\C/C=C\CCCCCCC)COP(=O)(O)OCC[N+](C)(C)C. The zero-order valence-corrected chi connectivity index (χ0v) is 59.4. The maximum Gasteiger partial charge on any atom is 0.472 e. The van der Waals surface area contributed by atoms with Crippen LogP contribution >= 0.6 is 7.82 Å². The molecule has 10 heteroatoms. The van der Waals surface area contributed by atoms with Crippen LogP contribution in [0.25, 0.3) is 0 Å². The maximum absolute atomic E-state index is 12.9. The molecule has 2 unspecified atom stereocenters. The predicted molar refractivity (Wildman–Crippen MR) is 381 cm³/mol. The summed E-state index contributed by atoms with van der Waals surface area (Å²) in [6.45, 7) is 4.36. The van der Waals surface area contributed by atoms with Crippen LogP contribution in [0.15, 0.2) is 85.1 Å². The predicted octanol–water partition coefficient (Wildman–Crippen LogP) is 24.5. The summed E-state index contributed by atoms with van der Waals surface area (Å²) in [5, 5.41) is 0. The molecule has 1 N–H and O–H groups in total. The van der Waals surface area contributed by atoms with Gasteiger partial charge in [0.2, 0.25) is 0 Å². The summed E-state index contributed by atoms with van der Waals surface area (Å²) in [6.07, 6.45) is 94.2. The van der Waals surface area contributed by atoms with Gasteiger partial charge in [-0.2, -0.15) is 0 Å². The molecule has 0 fully saturated rings. The second kappa shape index (κ2) is 68.6. The lowest BCUT2D eigenvalue weighted by molar-refractivity contribution is -0.870. The van der Waals surface area contributed by atoms with Gasteiger partial charge in [-0.1, -0.05) is 330 Å². The molecule has 0 heterocycles. The Hall–Kier alpha value is -2.81. The Bertz CT molecular complexity index is 1760. The number of hydrogen-bond acceptors (Lipinski definition) is 7. The minimum absolute atomic E-state index is 0.0316. The smallest absolute Gasteiger partial charge is 0.462 e. The van der Waals surface area contributed by atoms with Gasteiger partial charge in [0.15, 0.2) is 6.10 Å². The van der Waals surface area contributed by atoms with Gasteiger partial charge in [0.25, 0.3) is 0 Å². The van der Waals surface area contributed by atoms with E-state index in [4.69, 9.17) is 18.5 Å². The quantitative estimate of drug-likeness (QED) is 0.0211. The molecule has 0 aliphatic carbocycles. The van der Waals surface area contributed by atoms with E-state index < -0.39 is 26.5 Å². The Balaban J connectivity index is 3.98. The first-order valence-electron chi connectivity index (χ1n) is 37.3. The number of ether oxygens (including phenoxy) is 2. The van der Waals surface area contributed by atoms with E-state index in [-0.39, 0.29) is 25.6 Å². The highest BCUT2D eigenvalue weighted by molar-refractivity contribution is 7.47. The lowest BCUT2D eigenvalue weighted by Crippen LogP contribution is -2.37. The zero-order chi connectivity index (χ0) is 64.1. The molecule has 512 valence electrons. The molecule has 0 aliphatic rings. The first-order valence-corrected chi connectivity index (χ1v) is 38.8. The molecule has 0 saturated carbocycles. The highest BCUT2D eigenvalue weighted by Crippen LogP contribution is 2.43. The molecule has 0 aromatic rings. The van der Waals surface area contributed by atoms with E-state index >= 15 is 0 Å². The summed E-state index contributed by atoms with van der Waals surface area (Å²) in [4.78, 5) is 35.9. The minimum Gasteiger partial charge on any atom is -0.462 e. The molecule has 2 atom stereocenters. The van der Waals surface area contributed by atoms with E-state index in [9.17, 15) is 19.0 Å². The van der Waals surface area contributed by atoms with Gasteiger partial charge in [0.1, 0.15) is 19.8 Å². The number of phosphoric acid groups is 1. The molecule has 0 radical (unpaired) electrons. The van der Waals surface area contributed by atoms with Gasteiger partial charge in [0.05, 0.1) is 27.7 Å². The third-order valence-electron chi connectivity index (χ3n) is 16.4. The zero-order valence-electron chi connectivity index (χ0n) is 58.5. The second-order valence-corrected chi connectivity index (χ2v) is 27.8. The number of likely N-dealkylation sites (N-methyl/N-ethyl adjacent to an activating group) is 1. The monoisotopic (exact) mass is 1250 g/mol. The van der Waals surface area contributed by atoms with Crippen LogP contribution in [-0.4, -0.2) is 74.9 Å². The van der Waals surface area contributed by atoms with Gasteiger partial charge in [-0.15, -0.1) is 0 Å². The summed E-state index contributed by atoms with van der Waals surface area (Å²) in [7, 11) is 1.49. The van der Waals surface area contributed by atoms with Crippen molar-refractivity contribution in [3.63, 3.8) is 0 Å². The molecule has 9 nitrogen and oxygen atoms in total. The van der Waals surface area contributed by atoms with Crippen molar-refractivity contribution in [2.45, 2.75) is 354 Å². The van der Waals surface area contributed by atoms with E-state index in [1.807, 2.05) is 21.1 Å². The Morgan fingerprint density at radius 1 is 0.364 bits per heavy atom. The number of carbonyl (C=O) groups is 2. The largest absolute Gasteiger partial charge is 0.472 e. The van der Waals surface area contributed by atoms with Crippen LogP contribution < -0.4 is 0 Å². The van der Waals surface area contributed by atoms with Crippen molar-refractivity contribution in [3.8, 4) is 0 Å². The molecule has 88 heavy (non-hydrogen) atoms. The third kappa shape index (κ3) is 72.3. The van der Waals surface area contributed by atoms with Gasteiger partial charge < -0.3 is 18.9 Å². The van der Waals surface area contributed by atoms with Crippen molar-refractivity contribution in [1.29, 1.82) is 0 Å². The number of allylic oxidation sites excluding steroid dienone is 14. The van der Waals surface area contributed by atoms with Gasteiger partial charge in [-0.05, 0) is 89.9 Å². The van der Waals surface area contributed by atoms with E-state index in [2.05, 4.69) is 98.9 Å². The van der Waals surface area contributed by atoms with E-state index in [0.29, 0.717) is 23.9 Å². The fourth-order valence-corrected chi connectivity index (χ4v) is 11.5. The van der Waals surface area contributed by atoms with Crippen LogP contribution in [0, 0.1) is 0 Å². The van der Waals surface area contributed by atoms with Crippen molar-refractivity contribution >= 4 is 19.8 Å². The van der Waals surface area contributed by atoms with Crippen LogP contribution in [0.4, 0.5) is 0 Å². The summed E-state index contributed by atoms with van der Waals surface area (Å²) >= 11 is 0. The lowest BCUT2D eigenvalue weighted by atomic mass is 10.0. The summed E-state index contributed by atoms with van der Waals surface area (Å²) in [6, 6.07) is 0. The number of rotatable bonds is 69. The molecule has 0 aromatic heterocycles. The fraction of sp³-hybridized carbons (Fsp3) is 0.795. The highest BCUT2D eigenvalue weighted by atomic mass is 31.2. The number of quaternary nitrogens is 1. The first-order chi connectivity index (χ1) is 43.0. The molecule has 0 bridgehead atoms. The molecule has 0 spiro atoms. The fourth-order valence-electron chi connectivity index (χ4n) is 10.7. The van der Waals surface area contributed by atoms with Crippen molar-refractivity contribution in [2.75, 3.05) is 47.5 Å². The average molecular weight is 1250 g/mol. The van der Waals surface area contributed by atoms with E-state index in [0.717, 1.165) is 70.6 Å². The maximum atomic E-state index is 12.9. The number of unbranched alkanes of at least 4 members (excludes halogenated alkanes) is 41. The Morgan fingerprint density at radius 3 is 0.966 bits per heavy atom. The Kier molecular flexibility index (Phi) is 66.4. The van der Waals surface area contributed by atoms with Crippen molar-refractivity contribution < 1.29 is 42.1 Å². The van der Waals surface area contributed by atoms with Crippen molar-refractivity contribution in [3.05, 3.63) is 85.1 Å². The van der Waals surface area contributed by atoms with Crippen molar-refractivity contribution in [2.24, 2.45) is 0 Å². The van der Waals surface area contributed by atoms with Gasteiger partial charge in [-0.3, -0.25) is 18.6 Å². The number of carbonyl (C=O) groups excluding carboxylic acids is 2. The van der Waals surface area contributed by atoms with Crippen LogP contribution in [0.5, 0.6) is 0 Å². The molecular formula is C78H143NO8P+. The second-order valence-electron chi connectivity index (χ2n) is 26.3. The summed E-state index contributed by atoms with van der Waals surface area (Å²) < 4.78 is 34.8. The summed E-state index contributed by atoms with van der Waals surface area (Å²) in [5.41, 5.74) is 0. The number of esters is 2. The average Bonchev–Trinajstić information content (AvgIpc) is 3.56. The van der Waals surface area contributed by atoms with Gasteiger partial charge >= 0.3 is 19.8 Å².